The van der Waals surface area contributed by atoms with Gasteiger partial charge in [-0.05, 0) is 11.5 Å². The molecule has 2 rings (SSSR count). The van der Waals surface area contributed by atoms with Crippen LogP contribution in [0.4, 0.5) is 0 Å². The lowest BCUT2D eigenvalue weighted by molar-refractivity contribution is 0.405. The number of benzene rings is 2. The van der Waals surface area contributed by atoms with E-state index in [4.69, 9.17) is 9.88 Å². The smallest absolute Gasteiger partial charge is 0.136 e. The van der Waals surface area contributed by atoms with Crippen LogP contribution in [0, 0.1) is 0 Å². The van der Waals surface area contributed by atoms with Crippen LogP contribution in [0.1, 0.15) is 0 Å². The highest BCUT2D eigenvalue weighted by Gasteiger charge is 2.11. The molecule has 4 heteroatoms. The molecule has 0 heterocycles. The summed E-state index contributed by atoms with van der Waals surface area (Å²) in [7, 11) is 0.00218. The summed E-state index contributed by atoms with van der Waals surface area (Å²) in [6.07, 6.45) is 0. The van der Waals surface area contributed by atoms with Crippen LogP contribution in [-0.2, 0) is 11.0 Å². The number of rotatable bonds is 2. The molecule has 0 amide bonds. The average molecular weight is 221 g/mol. The molecule has 0 aliphatic heterocycles. The van der Waals surface area contributed by atoms with Crippen molar-refractivity contribution in [1.29, 1.82) is 0 Å². The summed E-state index contributed by atoms with van der Waals surface area (Å²) >= 11 is 0. The van der Waals surface area contributed by atoms with Crippen molar-refractivity contribution in [3.8, 4) is 5.75 Å². The van der Waals surface area contributed by atoms with Gasteiger partial charge in [-0.3, -0.25) is 0 Å². The summed E-state index contributed by atoms with van der Waals surface area (Å²) in [5.41, 5.74) is 0. The van der Waals surface area contributed by atoms with Gasteiger partial charge in [-0.2, -0.15) is 0 Å². The molecule has 0 aliphatic rings. The van der Waals surface area contributed by atoms with Crippen LogP contribution in [0.3, 0.4) is 0 Å². The van der Waals surface area contributed by atoms with Gasteiger partial charge in [0.15, 0.2) is 0 Å². The molecule has 0 saturated carbocycles. The van der Waals surface area contributed by atoms with E-state index in [0.29, 0.717) is 10.6 Å². The molecular formula is C11H11NO2S. The van der Waals surface area contributed by atoms with Crippen molar-refractivity contribution < 1.29 is 8.95 Å². The molecule has 0 bridgehead atoms. The van der Waals surface area contributed by atoms with Crippen molar-refractivity contribution in [3.63, 3.8) is 0 Å². The first-order chi connectivity index (χ1) is 7.24. The van der Waals surface area contributed by atoms with Crippen molar-refractivity contribution in [2.75, 3.05) is 7.11 Å². The van der Waals surface area contributed by atoms with Gasteiger partial charge < -0.3 is 4.74 Å². The molecule has 0 aromatic heterocycles. The number of methoxy groups -OCH3 is 1. The maximum absolute atomic E-state index is 11.4. The minimum Gasteiger partial charge on any atom is -0.495 e. The molecule has 78 valence electrons. The van der Waals surface area contributed by atoms with Crippen molar-refractivity contribution >= 4 is 21.8 Å². The van der Waals surface area contributed by atoms with Crippen LogP contribution in [0.2, 0.25) is 0 Å². The third-order valence-corrected chi connectivity index (χ3v) is 3.09. The van der Waals surface area contributed by atoms with E-state index >= 15 is 0 Å². The van der Waals surface area contributed by atoms with E-state index in [1.807, 2.05) is 30.3 Å². The summed E-state index contributed by atoms with van der Waals surface area (Å²) in [5, 5.41) is 7.33. The molecule has 0 radical (unpaired) electrons. The minimum atomic E-state index is -1.54. The summed E-state index contributed by atoms with van der Waals surface area (Å²) in [6.45, 7) is 0. The normalized spacial score (nSPS) is 12.7. The molecular weight excluding hydrogens is 210 g/mol. The van der Waals surface area contributed by atoms with E-state index in [9.17, 15) is 4.21 Å². The lowest BCUT2D eigenvalue weighted by Crippen LogP contribution is -2.05. The molecule has 0 fully saturated rings. The van der Waals surface area contributed by atoms with E-state index in [2.05, 4.69) is 0 Å². The van der Waals surface area contributed by atoms with Gasteiger partial charge in [-0.1, -0.05) is 30.3 Å². The Balaban J connectivity index is 2.85. The maximum atomic E-state index is 11.4. The van der Waals surface area contributed by atoms with Gasteiger partial charge in [0.25, 0.3) is 0 Å². The average Bonchev–Trinajstić information content (AvgIpc) is 2.27. The van der Waals surface area contributed by atoms with Gasteiger partial charge in [0.05, 0.1) is 7.11 Å². The minimum absolute atomic E-state index is 0.551. The highest BCUT2D eigenvalue weighted by Crippen LogP contribution is 2.29. The second-order valence-corrected chi connectivity index (χ2v) is 4.12. The molecule has 1 atom stereocenters. The Morgan fingerprint density at radius 3 is 2.60 bits per heavy atom. The Labute approximate surface area is 90.4 Å². The predicted octanol–water partition coefficient (Wildman–Crippen LogP) is 1.83. The molecule has 0 saturated heterocycles. The van der Waals surface area contributed by atoms with Gasteiger partial charge in [-0.25, -0.2) is 9.35 Å². The zero-order chi connectivity index (χ0) is 10.8. The van der Waals surface area contributed by atoms with Crippen molar-refractivity contribution in [3.05, 3.63) is 36.4 Å². The molecule has 2 aromatic carbocycles. The van der Waals surface area contributed by atoms with Gasteiger partial charge in [0.2, 0.25) is 0 Å². The van der Waals surface area contributed by atoms with Crippen molar-refractivity contribution in [1.82, 2.24) is 0 Å². The molecule has 0 unspecified atom stereocenters. The highest BCUT2D eigenvalue weighted by molar-refractivity contribution is 7.83. The fourth-order valence-electron chi connectivity index (χ4n) is 1.59. The summed E-state index contributed by atoms with van der Waals surface area (Å²) in [4.78, 5) is 0.551. The lowest BCUT2D eigenvalue weighted by Gasteiger charge is -2.08. The Bertz CT molecular complexity index is 525. The maximum Gasteiger partial charge on any atom is 0.136 e. The number of hydrogen-bond acceptors (Lipinski definition) is 2. The monoisotopic (exact) mass is 221 g/mol. The third kappa shape index (κ3) is 1.73. The van der Waals surface area contributed by atoms with Gasteiger partial charge in [-0.15, -0.1) is 0 Å². The van der Waals surface area contributed by atoms with Gasteiger partial charge >= 0.3 is 0 Å². The van der Waals surface area contributed by atoms with Crippen LogP contribution in [0.15, 0.2) is 41.3 Å². The topological polar surface area (TPSA) is 52.3 Å². The quantitative estimate of drug-likeness (QED) is 0.841. The molecule has 0 aliphatic carbocycles. The largest absolute Gasteiger partial charge is 0.495 e. The first-order valence-corrected chi connectivity index (χ1v) is 5.67. The van der Waals surface area contributed by atoms with E-state index in [1.165, 1.54) is 0 Å². The second kappa shape index (κ2) is 4.00. The van der Waals surface area contributed by atoms with Gasteiger partial charge in [0, 0.05) is 5.39 Å². The predicted molar refractivity (Wildman–Crippen MR) is 61.1 cm³/mol. The fraction of sp³-hybridized carbons (Fsp3) is 0.0909. The molecule has 2 aromatic rings. The SMILES string of the molecule is COc1ccc2ccccc2c1[S@](N)=O. The first-order valence-electron chi connectivity index (χ1n) is 4.46. The fourth-order valence-corrected chi connectivity index (χ4v) is 2.34. The Morgan fingerprint density at radius 1 is 1.20 bits per heavy atom. The van der Waals surface area contributed by atoms with Crippen LogP contribution in [0.25, 0.3) is 10.8 Å². The van der Waals surface area contributed by atoms with Crippen LogP contribution in [-0.4, -0.2) is 11.3 Å². The molecule has 3 nitrogen and oxygen atoms in total. The number of nitrogens with two attached hydrogens (primary N) is 1. The number of hydrogen-bond donors (Lipinski definition) is 1. The summed E-state index contributed by atoms with van der Waals surface area (Å²) < 4.78 is 16.6. The van der Waals surface area contributed by atoms with Crippen molar-refractivity contribution in [2.45, 2.75) is 4.90 Å². The summed E-state index contributed by atoms with van der Waals surface area (Å²) in [6, 6.07) is 11.4. The van der Waals surface area contributed by atoms with Crippen molar-refractivity contribution in [2.24, 2.45) is 5.14 Å². The third-order valence-electron chi connectivity index (χ3n) is 2.26. The van der Waals surface area contributed by atoms with E-state index in [1.54, 1.807) is 13.2 Å². The Hall–Kier alpha value is -1.39. The van der Waals surface area contributed by atoms with Crippen LogP contribution in [0.5, 0.6) is 5.75 Å². The highest BCUT2D eigenvalue weighted by atomic mass is 32.2. The van der Waals surface area contributed by atoms with Crippen LogP contribution < -0.4 is 9.88 Å². The number of ether oxygens (including phenoxy) is 1. The molecule has 2 N–H and O–H groups in total. The van der Waals surface area contributed by atoms with E-state index in [0.717, 1.165) is 10.8 Å². The van der Waals surface area contributed by atoms with E-state index < -0.39 is 11.0 Å². The zero-order valence-corrected chi connectivity index (χ0v) is 9.08. The van der Waals surface area contributed by atoms with Gasteiger partial charge in [0.1, 0.15) is 21.6 Å². The second-order valence-electron chi connectivity index (χ2n) is 3.12. The standard InChI is InChI=1S/C11H11NO2S/c1-14-10-7-6-8-4-2-3-5-9(8)11(10)15(12)13/h2-7H,12H2,1H3/t15-/m1/s1. The molecule has 0 spiro atoms. The lowest BCUT2D eigenvalue weighted by atomic mass is 10.1. The zero-order valence-electron chi connectivity index (χ0n) is 8.27. The Morgan fingerprint density at radius 2 is 1.93 bits per heavy atom. The first kappa shape index (κ1) is 10.1. The molecule has 15 heavy (non-hydrogen) atoms. The van der Waals surface area contributed by atoms with Crippen LogP contribution >= 0.6 is 0 Å². The Kier molecular flexibility index (Phi) is 2.70. The van der Waals surface area contributed by atoms with E-state index in [-0.39, 0.29) is 0 Å². The number of fused-ring (bicyclic) bond motifs is 1. The summed E-state index contributed by atoms with van der Waals surface area (Å²) in [5.74, 6) is 0.564.